The first-order valence-electron chi connectivity index (χ1n) is 7.94. The van der Waals surface area contributed by atoms with Gasteiger partial charge in [0.1, 0.15) is 0 Å². The van der Waals surface area contributed by atoms with Gasteiger partial charge in [-0.25, -0.2) is 0 Å². The van der Waals surface area contributed by atoms with E-state index in [2.05, 4.69) is 45.3 Å². The summed E-state index contributed by atoms with van der Waals surface area (Å²) < 4.78 is 8.03. The second-order valence-electron chi connectivity index (χ2n) is 8.25. The van der Waals surface area contributed by atoms with Gasteiger partial charge in [-0.05, 0) is 31.2 Å². The van der Waals surface area contributed by atoms with Crippen LogP contribution in [0.15, 0.2) is 6.07 Å². The van der Waals surface area contributed by atoms with E-state index in [-0.39, 0.29) is 10.8 Å². The number of carbonyl (C=O) groups is 1. The molecule has 2 atom stereocenters. The van der Waals surface area contributed by atoms with Crippen molar-refractivity contribution in [2.45, 2.75) is 66.0 Å². The molecule has 0 bridgehead atoms. The molecular formula is C18H27NO2. The standard InChI is InChI=1S/C18H27NO2/c1-11-7-12-13(9-17(2,3)10-14(12)20)19(11)15-8-16(21-6)18(15,4)5/h7,15-16H,8-10H2,1-6H3. The molecular weight excluding hydrogens is 262 g/mol. The zero-order valence-corrected chi connectivity index (χ0v) is 14.1. The van der Waals surface area contributed by atoms with Gasteiger partial charge in [0.25, 0.3) is 0 Å². The number of ketones is 1. The zero-order valence-electron chi connectivity index (χ0n) is 14.1. The summed E-state index contributed by atoms with van der Waals surface area (Å²) in [5.41, 5.74) is 3.63. The number of fused-ring (bicyclic) bond motifs is 1. The van der Waals surface area contributed by atoms with E-state index in [1.54, 1.807) is 7.11 Å². The molecule has 2 aliphatic rings. The van der Waals surface area contributed by atoms with Crippen LogP contribution < -0.4 is 0 Å². The van der Waals surface area contributed by atoms with E-state index in [1.165, 1.54) is 11.4 Å². The van der Waals surface area contributed by atoms with E-state index in [0.717, 1.165) is 18.4 Å². The lowest BCUT2D eigenvalue weighted by Gasteiger charge is -2.53. The fourth-order valence-corrected chi connectivity index (χ4v) is 4.31. The first-order valence-corrected chi connectivity index (χ1v) is 7.94. The van der Waals surface area contributed by atoms with Crippen LogP contribution in [0.4, 0.5) is 0 Å². The van der Waals surface area contributed by atoms with Crippen LogP contribution >= 0.6 is 0 Å². The summed E-state index contributed by atoms with van der Waals surface area (Å²) in [7, 11) is 1.80. The SMILES string of the molecule is COC1CC(n2c(C)cc3c2CC(C)(C)CC3=O)C1(C)C. The first kappa shape index (κ1) is 14.8. The minimum Gasteiger partial charge on any atom is -0.381 e. The predicted octanol–water partition coefficient (Wildman–Crippen LogP) is 3.94. The third kappa shape index (κ3) is 2.09. The normalized spacial score (nSPS) is 29.9. The maximum atomic E-state index is 12.4. The Hall–Kier alpha value is -1.09. The lowest BCUT2D eigenvalue weighted by Crippen LogP contribution is -2.51. The van der Waals surface area contributed by atoms with Crippen molar-refractivity contribution in [2.24, 2.45) is 10.8 Å². The predicted molar refractivity (Wildman–Crippen MR) is 83.8 cm³/mol. The number of carbonyl (C=O) groups excluding carboxylic acids is 1. The Bertz CT molecular complexity index is 595. The third-order valence-electron chi connectivity index (χ3n) is 5.64. The molecule has 0 saturated heterocycles. The molecule has 2 unspecified atom stereocenters. The smallest absolute Gasteiger partial charge is 0.165 e. The molecule has 0 N–H and O–H groups in total. The highest BCUT2D eigenvalue weighted by Crippen LogP contribution is 2.53. The summed E-state index contributed by atoms with van der Waals surface area (Å²) in [5, 5.41) is 0. The fraction of sp³-hybridized carbons (Fsp3) is 0.722. The molecule has 2 aliphatic carbocycles. The van der Waals surface area contributed by atoms with E-state index in [4.69, 9.17) is 4.74 Å². The average Bonchev–Trinajstić information content (AvgIpc) is 2.65. The molecule has 21 heavy (non-hydrogen) atoms. The number of hydrogen-bond acceptors (Lipinski definition) is 2. The van der Waals surface area contributed by atoms with Gasteiger partial charge in [0.2, 0.25) is 0 Å². The molecule has 0 amide bonds. The van der Waals surface area contributed by atoms with Crippen molar-refractivity contribution in [3.05, 3.63) is 23.0 Å². The number of ether oxygens (including phenoxy) is 1. The summed E-state index contributed by atoms with van der Waals surface area (Å²) in [6.07, 6.45) is 3.01. The molecule has 116 valence electrons. The highest BCUT2D eigenvalue weighted by atomic mass is 16.5. The number of hydrogen-bond donors (Lipinski definition) is 0. The molecule has 1 fully saturated rings. The highest BCUT2D eigenvalue weighted by molar-refractivity contribution is 5.99. The van der Waals surface area contributed by atoms with Crippen LogP contribution in [0, 0.1) is 17.8 Å². The van der Waals surface area contributed by atoms with E-state index >= 15 is 0 Å². The van der Waals surface area contributed by atoms with Crippen molar-refractivity contribution in [3.8, 4) is 0 Å². The molecule has 0 aliphatic heterocycles. The molecule has 1 heterocycles. The topological polar surface area (TPSA) is 31.2 Å². The fourth-order valence-electron chi connectivity index (χ4n) is 4.31. The van der Waals surface area contributed by atoms with Crippen LogP contribution in [0.5, 0.6) is 0 Å². The van der Waals surface area contributed by atoms with Crippen molar-refractivity contribution >= 4 is 5.78 Å². The number of nitrogens with zero attached hydrogens (tertiary/aromatic N) is 1. The lowest BCUT2D eigenvalue weighted by atomic mass is 9.64. The summed E-state index contributed by atoms with van der Waals surface area (Å²) in [4.78, 5) is 12.4. The minimum atomic E-state index is 0.0706. The molecule has 1 aromatic rings. The van der Waals surface area contributed by atoms with Gasteiger partial charge >= 0.3 is 0 Å². The average molecular weight is 289 g/mol. The van der Waals surface area contributed by atoms with Crippen LogP contribution in [0.3, 0.4) is 0 Å². The maximum Gasteiger partial charge on any atom is 0.165 e. The Labute approximate surface area is 127 Å². The van der Waals surface area contributed by atoms with E-state index in [0.29, 0.717) is 24.3 Å². The van der Waals surface area contributed by atoms with Crippen molar-refractivity contribution in [3.63, 3.8) is 0 Å². The summed E-state index contributed by atoms with van der Waals surface area (Å²) >= 11 is 0. The molecule has 1 aromatic heterocycles. The molecule has 3 rings (SSSR count). The number of aryl methyl sites for hydroxylation is 1. The Balaban J connectivity index is 2.04. The van der Waals surface area contributed by atoms with Crippen molar-refractivity contribution in [2.75, 3.05) is 7.11 Å². The van der Waals surface area contributed by atoms with Crippen LogP contribution in [-0.4, -0.2) is 23.6 Å². The second-order valence-corrected chi connectivity index (χ2v) is 8.25. The van der Waals surface area contributed by atoms with Crippen molar-refractivity contribution in [1.29, 1.82) is 0 Å². The second kappa shape index (κ2) is 4.45. The molecule has 0 radical (unpaired) electrons. The Morgan fingerprint density at radius 1 is 1.24 bits per heavy atom. The van der Waals surface area contributed by atoms with Gasteiger partial charge in [-0.3, -0.25) is 4.79 Å². The molecule has 3 heteroatoms. The van der Waals surface area contributed by atoms with Crippen LogP contribution in [0.25, 0.3) is 0 Å². The van der Waals surface area contributed by atoms with E-state index in [1.807, 2.05) is 0 Å². The molecule has 0 aromatic carbocycles. The Morgan fingerprint density at radius 3 is 2.48 bits per heavy atom. The number of Topliss-reactive ketones (excluding diaryl/α,β-unsaturated/α-hetero) is 1. The van der Waals surface area contributed by atoms with Crippen LogP contribution in [0.2, 0.25) is 0 Å². The van der Waals surface area contributed by atoms with Gasteiger partial charge in [-0.1, -0.05) is 27.7 Å². The highest BCUT2D eigenvalue weighted by Gasteiger charge is 2.51. The first-order chi connectivity index (χ1) is 9.67. The third-order valence-corrected chi connectivity index (χ3v) is 5.64. The van der Waals surface area contributed by atoms with E-state index < -0.39 is 0 Å². The molecule has 0 spiro atoms. The maximum absolute atomic E-state index is 12.4. The van der Waals surface area contributed by atoms with Gasteiger partial charge in [-0.15, -0.1) is 0 Å². The number of rotatable bonds is 2. The van der Waals surface area contributed by atoms with E-state index in [9.17, 15) is 4.79 Å². The van der Waals surface area contributed by atoms with Crippen LogP contribution in [-0.2, 0) is 11.2 Å². The van der Waals surface area contributed by atoms with Gasteiger partial charge < -0.3 is 9.30 Å². The molecule has 1 saturated carbocycles. The summed E-state index contributed by atoms with van der Waals surface area (Å²) in [6.45, 7) is 11.1. The number of methoxy groups -OCH3 is 1. The Morgan fingerprint density at radius 2 is 1.90 bits per heavy atom. The zero-order chi connectivity index (χ0) is 15.6. The van der Waals surface area contributed by atoms with Crippen molar-refractivity contribution < 1.29 is 9.53 Å². The molecule has 3 nitrogen and oxygen atoms in total. The number of aromatic nitrogens is 1. The quantitative estimate of drug-likeness (QED) is 0.826. The summed E-state index contributed by atoms with van der Waals surface area (Å²) in [6, 6.07) is 2.54. The minimum absolute atomic E-state index is 0.0706. The lowest BCUT2D eigenvalue weighted by molar-refractivity contribution is -0.114. The summed E-state index contributed by atoms with van der Waals surface area (Å²) in [5.74, 6) is 0.309. The monoisotopic (exact) mass is 289 g/mol. The largest absolute Gasteiger partial charge is 0.381 e. The Kier molecular flexibility index (Phi) is 3.14. The van der Waals surface area contributed by atoms with Gasteiger partial charge in [0, 0.05) is 41.9 Å². The van der Waals surface area contributed by atoms with Gasteiger partial charge in [-0.2, -0.15) is 0 Å². The van der Waals surface area contributed by atoms with Crippen molar-refractivity contribution in [1.82, 2.24) is 4.57 Å². The van der Waals surface area contributed by atoms with Gasteiger partial charge in [0.05, 0.1) is 6.10 Å². The van der Waals surface area contributed by atoms with Gasteiger partial charge in [0.15, 0.2) is 5.78 Å². The van der Waals surface area contributed by atoms with Crippen LogP contribution in [0.1, 0.15) is 68.3 Å².